The Kier molecular flexibility index (Phi) is 4.83. The van der Waals surface area contributed by atoms with Gasteiger partial charge in [0.15, 0.2) is 0 Å². The van der Waals surface area contributed by atoms with E-state index in [1.54, 1.807) is 24.4 Å². The third kappa shape index (κ3) is 3.49. The van der Waals surface area contributed by atoms with E-state index in [-0.39, 0.29) is 5.56 Å². The standard InChI is InChI=1S/C18H13F2N3O3/c19-14-8-22-9-15(20)13(14)6-16(18(25)26)23-17(24)12-3-1-2-10-7-21-5-4-11(10)12/h1-5,7-9,16H,6H2,(H,23,24)(H,25,26). The molecule has 3 aromatic rings. The van der Waals surface area contributed by atoms with Crippen LogP contribution in [0.15, 0.2) is 49.1 Å². The van der Waals surface area contributed by atoms with Crippen LogP contribution in [0.25, 0.3) is 10.8 Å². The van der Waals surface area contributed by atoms with Crippen molar-refractivity contribution >= 4 is 22.6 Å². The van der Waals surface area contributed by atoms with E-state index >= 15 is 0 Å². The molecule has 3 rings (SSSR count). The molecule has 0 spiro atoms. The summed E-state index contributed by atoms with van der Waals surface area (Å²) in [6.45, 7) is 0. The van der Waals surface area contributed by atoms with Crippen LogP contribution in [0, 0.1) is 11.6 Å². The molecule has 0 fully saturated rings. The number of nitrogens with one attached hydrogen (secondary N) is 1. The second-order valence-corrected chi connectivity index (χ2v) is 5.55. The van der Waals surface area contributed by atoms with Crippen LogP contribution in [0.2, 0.25) is 0 Å². The third-order valence-corrected chi connectivity index (χ3v) is 3.89. The molecule has 1 amide bonds. The highest BCUT2D eigenvalue weighted by molar-refractivity contribution is 6.07. The van der Waals surface area contributed by atoms with Gasteiger partial charge in [-0.25, -0.2) is 13.6 Å². The maximum absolute atomic E-state index is 13.7. The first-order valence-corrected chi connectivity index (χ1v) is 7.61. The summed E-state index contributed by atoms with van der Waals surface area (Å²) in [4.78, 5) is 31.3. The molecule has 2 heterocycles. The number of hydrogen-bond acceptors (Lipinski definition) is 4. The number of carboxylic acids is 1. The topological polar surface area (TPSA) is 92.2 Å². The van der Waals surface area contributed by atoms with Crippen molar-refractivity contribution < 1.29 is 23.5 Å². The fourth-order valence-corrected chi connectivity index (χ4v) is 2.59. The fourth-order valence-electron chi connectivity index (χ4n) is 2.59. The van der Waals surface area contributed by atoms with Gasteiger partial charge in [0, 0.05) is 35.3 Å². The number of hydrogen-bond donors (Lipinski definition) is 2. The largest absolute Gasteiger partial charge is 0.480 e. The molecule has 2 aromatic heterocycles. The Labute approximate surface area is 146 Å². The highest BCUT2D eigenvalue weighted by Crippen LogP contribution is 2.18. The predicted molar refractivity (Wildman–Crippen MR) is 88.5 cm³/mol. The number of pyridine rings is 2. The van der Waals surface area contributed by atoms with Crippen LogP contribution in [0.1, 0.15) is 15.9 Å². The summed E-state index contributed by atoms with van der Waals surface area (Å²) in [7, 11) is 0. The van der Waals surface area contributed by atoms with Gasteiger partial charge in [0.25, 0.3) is 5.91 Å². The van der Waals surface area contributed by atoms with Gasteiger partial charge in [-0.2, -0.15) is 0 Å². The van der Waals surface area contributed by atoms with Crippen LogP contribution in [-0.4, -0.2) is 33.0 Å². The molecule has 0 saturated carbocycles. The van der Waals surface area contributed by atoms with Crippen molar-refractivity contribution in [2.45, 2.75) is 12.5 Å². The third-order valence-electron chi connectivity index (χ3n) is 3.89. The number of aromatic nitrogens is 2. The molecule has 1 aromatic carbocycles. The molecule has 0 aliphatic rings. The monoisotopic (exact) mass is 357 g/mol. The molecule has 26 heavy (non-hydrogen) atoms. The smallest absolute Gasteiger partial charge is 0.326 e. The van der Waals surface area contributed by atoms with Crippen LogP contribution < -0.4 is 5.32 Å². The van der Waals surface area contributed by atoms with Crippen LogP contribution in [0.3, 0.4) is 0 Å². The first-order valence-electron chi connectivity index (χ1n) is 7.61. The molecular weight excluding hydrogens is 344 g/mol. The van der Waals surface area contributed by atoms with Gasteiger partial charge in [-0.05, 0) is 17.5 Å². The van der Waals surface area contributed by atoms with E-state index in [2.05, 4.69) is 15.3 Å². The van der Waals surface area contributed by atoms with E-state index in [0.717, 1.165) is 12.4 Å². The molecule has 0 aliphatic heterocycles. The van der Waals surface area contributed by atoms with E-state index < -0.39 is 41.5 Å². The number of carbonyl (C=O) groups is 2. The van der Waals surface area contributed by atoms with Gasteiger partial charge in [-0.1, -0.05) is 12.1 Å². The Morgan fingerprint density at radius 1 is 1.08 bits per heavy atom. The molecule has 0 radical (unpaired) electrons. The van der Waals surface area contributed by atoms with E-state index in [1.165, 1.54) is 12.3 Å². The molecule has 132 valence electrons. The Balaban J connectivity index is 1.88. The van der Waals surface area contributed by atoms with Crippen molar-refractivity contribution in [1.82, 2.24) is 15.3 Å². The minimum Gasteiger partial charge on any atom is -0.480 e. The van der Waals surface area contributed by atoms with Crippen molar-refractivity contribution in [3.05, 3.63) is 71.8 Å². The number of carboxylic acid groups (broad SMARTS) is 1. The van der Waals surface area contributed by atoms with Crippen molar-refractivity contribution in [2.24, 2.45) is 0 Å². The number of halogens is 2. The fraction of sp³-hybridized carbons (Fsp3) is 0.111. The molecule has 2 N–H and O–H groups in total. The second-order valence-electron chi connectivity index (χ2n) is 5.55. The van der Waals surface area contributed by atoms with Gasteiger partial charge in [0.2, 0.25) is 0 Å². The minimum atomic E-state index is -1.51. The highest BCUT2D eigenvalue weighted by atomic mass is 19.1. The van der Waals surface area contributed by atoms with E-state index in [0.29, 0.717) is 10.8 Å². The number of nitrogens with zero attached hydrogens (tertiary/aromatic N) is 2. The zero-order chi connectivity index (χ0) is 18.7. The molecule has 1 atom stereocenters. The van der Waals surface area contributed by atoms with Gasteiger partial charge in [-0.15, -0.1) is 0 Å². The Bertz CT molecular complexity index is 969. The molecular formula is C18H13F2N3O3. The lowest BCUT2D eigenvalue weighted by Gasteiger charge is -2.16. The lowest BCUT2D eigenvalue weighted by Crippen LogP contribution is -2.42. The summed E-state index contributed by atoms with van der Waals surface area (Å²) in [6, 6.07) is 5.05. The maximum Gasteiger partial charge on any atom is 0.326 e. The number of aliphatic carboxylic acids is 1. The lowest BCUT2D eigenvalue weighted by atomic mass is 10.0. The number of carbonyl (C=O) groups excluding carboxylic acids is 1. The minimum absolute atomic E-state index is 0.242. The Morgan fingerprint density at radius 2 is 1.81 bits per heavy atom. The SMILES string of the molecule is O=C(NC(Cc1c(F)cncc1F)C(=O)O)c1cccc2cnccc12. The lowest BCUT2D eigenvalue weighted by molar-refractivity contribution is -0.139. The summed E-state index contributed by atoms with van der Waals surface area (Å²) in [5.41, 5.74) is -0.207. The average Bonchev–Trinajstić information content (AvgIpc) is 2.63. The molecule has 6 nitrogen and oxygen atoms in total. The van der Waals surface area contributed by atoms with Crippen LogP contribution >= 0.6 is 0 Å². The Morgan fingerprint density at radius 3 is 2.50 bits per heavy atom. The van der Waals surface area contributed by atoms with Gasteiger partial charge in [0.1, 0.15) is 17.7 Å². The number of amides is 1. The molecule has 0 aliphatic carbocycles. The van der Waals surface area contributed by atoms with Crippen molar-refractivity contribution in [1.29, 1.82) is 0 Å². The number of rotatable bonds is 5. The number of fused-ring (bicyclic) bond motifs is 1. The summed E-state index contributed by atoms with van der Waals surface area (Å²) >= 11 is 0. The van der Waals surface area contributed by atoms with E-state index in [1.807, 2.05) is 0 Å². The molecule has 8 heteroatoms. The first kappa shape index (κ1) is 17.4. The van der Waals surface area contributed by atoms with Crippen molar-refractivity contribution in [2.75, 3.05) is 0 Å². The molecule has 0 bridgehead atoms. The zero-order valence-electron chi connectivity index (χ0n) is 13.3. The molecule has 1 unspecified atom stereocenters. The first-order chi connectivity index (χ1) is 12.5. The van der Waals surface area contributed by atoms with E-state index in [9.17, 15) is 23.5 Å². The van der Waals surface area contributed by atoms with Crippen LogP contribution in [-0.2, 0) is 11.2 Å². The molecule has 0 saturated heterocycles. The van der Waals surface area contributed by atoms with Crippen LogP contribution in [0.5, 0.6) is 0 Å². The summed E-state index contributed by atoms with van der Waals surface area (Å²) in [5.74, 6) is -4.01. The van der Waals surface area contributed by atoms with Gasteiger partial charge in [0.05, 0.1) is 12.4 Å². The van der Waals surface area contributed by atoms with Crippen molar-refractivity contribution in [3.63, 3.8) is 0 Å². The van der Waals surface area contributed by atoms with Gasteiger partial charge < -0.3 is 10.4 Å². The summed E-state index contributed by atoms with van der Waals surface area (Å²) < 4.78 is 27.5. The van der Waals surface area contributed by atoms with E-state index in [4.69, 9.17) is 0 Å². The number of benzene rings is 1. The van der Waals surface area contributed by atoms with Gasteiger partial charge >= 0.3 is 5.97 Å². The quantitative estimate of drug-likeness (QED) is 0.731. The average molecular weight is 357 g/mol. The maximum atomic E-state index is 13.7. The van der Waals surface area contributed by atoms with Crippen molar-refractivity contribution in [3.8, 4) is 0 Å². The predicted octanol–water partition coefficient (Wildman–Crippen LogP) is 2.33. The second kappa shape index (κ2) is 7.22. The summed E-state index contributed by atoms with van der Waals surface area (Å²) in [6.07, 6.45) is 4.11. The highest BCUT2D eigenvalue weighted by Gasteiger charge is 2.25. The normalized spacial score (nSPS) is 11.9. The van der Waals surface area contributed by atoms with Crippen LogP contribution in [0.4, 0.5) is 8.78 Å². The summed E-state index contributed by atoms with van der Waals surface area (Å²) in [5, 5.41) is 13.0. The van der Waals surface area contributed by atoms with Gasteiger partial charge in [-0.3, -0.25) is 14.8 Å². The zero-order valence-corrected chi connectivity index (χ0v) is 13.3. The Hall–Kier alpha value is -3.42.